The first-order valence-electron chi connectivity index (χ1n) is 8.77. The van der Waals surface area contributed by atoms with E-state index in [0.717, 1.165) is 27.6 Å². The molecule has 4 rings (SSSR count). The maximum absolute atomic E-state index is 12.1. The summed E-state index contributed by atoms with van der Waals surface area (Å²) in [4.78, 5) is 28.5. The lowest BCUT2D eigenvalue weighted by molar-refractivity contribution is -0.123. The van der Waals surface area contributed by atoms with E-state index in [2.05, 4.69) is 21.9 Å². The van der Waals surface area contributed by atoms with Crippen LogP contribution in [0, 0.1) is 11.8 Å². The highest BCUT2D eigenvalue weighted by Gasteiger charge is 2.39. The number of hydrazine groups is 1. The van der Waals surface area contributed by atoms with Gasteiger partial charge in [0.2, 0.25) is 5.91 Å². The summed E-state index contributed by atoms with van der Waals surface area (Å²) in [5.74, 6) is 0.820. The molecule has 1 aliphatic carbocycles. The summed E-state index contributed by atoms with van der Waals surface area (Å²) < 4.78 is 2.23. The molecule has 2 aromatic carbocycles. The van der Waals surface area contributed by atoms with Crippen molar-refractivity contribution in [3.05, 3.63) is 59.7 Å². The Kier molecular flexibility index (Phi) is 5.13. The van der Waals surface area contributed by atoms with Crippen molar-refractivity contribution in [2.24, 2.45) is 11.8 Å². The van der Waals surface area contributed by atoms with Crippen LogP contribution in [0.25, 0.3) is 10.2 Å². The van der Waals surface area contributed by atoms with Crippen LogP contribution < -0.4 is 10.9 Å². The fraction of sp³-hybridized carbons (Fsp3) is 0.250. The number of hydrogen-bond acceptors (Lipinski definition) is 5. The second-order valence-electron chi connectivity index (χ2n) is 6.70. The number of fused-ring (bicyclic) bond motifs is 1. The number of benzene rings is 2. The average molecular weight is 398 g/mol. The lowest BCUT2D eigenvalue weighted by Crippen LogP contribution is -2.42. The number of rotatable bonds is 5. The van der Waals surface area contributed by atoms with Gasteiger partial charge in [-0.15, -0.1) is 11.3 Å². The third-order valence-electron chi connectivity index (χ3n) is 4.60. The van der Waals surface area contributed by atoms with Crippen LogP contribution in [-0.4, -0.2) is 16.8 Å². The molecule has 27 heavy (non-hydrogen) atoms. The normalized spacial score (nSPS) is 18.3. The van der Waals surface area contributed by atoms with E-state index in [9.17, 15) is 9.59 Å². The smallest absolute Gasteiger partial charge is 0.269 e. The van der Waals surface area contributed by atoms with E-state index in [1.807, 2.05) is 37.3 Å². The van der Waals surface area contributed by atoms with Crippen LogP contribution >= 0.6 is 23.1 Å². The predicted octanol–water partition coefficient (Wildman–Crippen LogP) is 4.01. The van der Waals surface area contributed by atoms with Gasteiger partial charge in [-0.3, -0.25) is 20.4 Å². The van der Waals surface area contributed by atoms with Crippen LogP contribution in [0.5, 0.6) is 0 Å². The van der Waals surface area contributed by atoms with Crippen LogP contribution in [0.4, 0.5) is 0 Å². The number of carbonyl (C=O) groups is 2. The summed E-state index contributed by atoms with van der Waals surface area (Å²) in [5.41, 5.74) is 7.64. The molecule has 0 spiro atoms. The summed E-state index contributed by atoms with van der Waals surface area (Å²) in [6.45, 7) is 2.02. The van der Waals surface area contributed by atoms with E-state index in [-0.39, 0.29) is 17.7 Å². The number of thiazole rings is 1. The van der Waals surface area contributed by atoms with Gasteiger partial charge in [-0.05, 0) is 42.2 Å². The highest BCUT2D eigenvalue weighted by Crippen LogP contribution is 2.37. The van der Waals surface area contributed by atoms with E-state index in [4.69, 9.17) is 0 Å². The zero-order valence-electron chi connectivity index (χ0n) is 14.8. The van der Waals surface area contributed by atoms with E-state index in [1.165, 1.54) is 4.70 Å². The standard InChI is InChI=1S/C20H19N3O2S2/c1-12-10-15(12)19(25)23-22-18(24)14-8-6-13(7-9-14)11-26-20-21-16-4-2-3-5-17(16)27-20/h2-9,12,15H,10-11H2,1H3,(H,22,24)(H,23,25)/t12-,15-/m1/s1. The maximum atomic E-state index is 12.1. The highest BCUT2D eigenvalue weighted by molar-refractivity contribution is 8.00. The molecule has 1 saturated carbocycles. The Morgan fingerprint density at radius 1 is 1.15 bits per heavy atom. The van der Waals surface area contributed by atoms with Gasteiger partial charge in [-0.2, -0.15) is 0 Å². The van der Waals surface area contributed by atoms with Crippen LogP contribution in [-0.2, 0) is 10.5 Å². The number of aromatic nitrogens is 1. The molecule has 0 saturated heterocycles. The summed E-state index contributed by atoms with van der Waals surface area (Å²) in [5, 5.41) is 0. The summed E-state index contributed by atoms with van der Waals surface area (Å²) in [7, 11) is 0. The van der Waals surface area contributed by atoms with Crippen molar-refractivity contribution in [1.29, 1.82) is 0 Å². The lowest BCUT2D eigenvalue weighted by atomic mass is 10.1. The first-order chi connectivity index (χ1) is 13.1. The van der Waals surface area contributed by atoms with Gasteiger partial charge in [-0.25, -0.2) is 4.98 Å². The third-order valence-corrected chi connectivity index (χ3v) is 6.85. The van der Waals surface area contributed by atoms with Crippen molar-refractivity contribution >= 4 is 45.1 Å². The van der Waals surface area contributed by atoms with Gasteiger partial charge in [0.25, 0.3) is 5.91 Å². The predicted molar refractivity (Wildman–Crippen MR) is 109 cm³/mol. The van der Waals surface area contributed by atoms with Gasteiger partial charge >= 0.3 is 0 Å². The molecule has 0 aliphatic heterocycles. The van der Waals surface area contributed by atoms with Gasteiger partial charge in [0.1, 0.15) is 0 Å². The maximum Gasteiger partial charge on any atom is 0.269 e. The van der Waals surface area contributed by atoms with Gasteiger partial charge in [0.15, 0.2) is 4.34 Å². The number of para-hydroxylation sites is 1. The Bertz CT molecular complexity index is 951. The van der Waals surface area contributed by atoms with E-state index in [0.29, 0.717) is 11.5 Å². The first-order valence-corrected chi connectivity index (χ1v) is 10.6. The van der Waals surface area contributed by atoms with Gasteiger partial charge in [-0.1, -0.05) is 43.0 Å². The second kappa shape index (κ2) is 7.70. The fourth-order valence-electron chi connectivity index (χ4n) is 2.78. The molecule has 3 aromatic rings. The van der Waals surface area contributed by atoms with Gasteiger partial charge < -0.3 is 0 Å². The SMILES string of the molecule is C[C@@H]1C[C@H]1C(=O)NNC(=O)c1ccc(CSc2nc3ccccc3s2)cc1. The molecular formula is C20H19N3O2S2. The lowest BCUT2D eigenvalue weighted by Gasteiger charge is -2.07. The van der Waals surface area contributed by atoms with Gasteiger partial charge in [0, 0.05) is 17.2 Å². The van der Waals surface area contributed by atoms with Crippen molar-refractivity contribution in [2.75, 3.05) is 0 Å². The van der Waals surface area contributed by atoms with E-state index >= 15 is 0 Å². The van der Waals surface area contributed by atoms with E-state index < -0.39 is 0 Å². The zero-order valence-corrected chi connectivity index (χ0v) is 16.4. The molecule has 1 aliphatic rings. The minimum Gasteiger partial charge on any atom is -0.273 e. The molecule has 2 atom stereocenters. The highest BCUT2D eigenvalue weighted by atomic mass is 32.2. The summed E-state index contributed by atoms with van der Waals surface area (Å²) in [6, 6.07) is 15.5. The van der Waals surface area contributed by atoms with E-state index in [1.54, 1.807) is 35.2 Å². The molecule has 0 bridgehead atoms. The molecule has 1 heterocycles. The van der Waals surface area contributed by atoms with Crippen molar-refractivity contribution < 1.29 is 9.59 Å². The average Bonchev–Trinajstić information content (AvgIpc) is 3.27. The molecule has 1 aromatic heterocycles. The molecule has 0 radical (unpaired) electrons. The van der Waals surface area contributed by atoms with Crippen LogP contribution in [0.3, 0.4) is 0 Å². The van der Waals surface area contributed by atoms with Gasteiger partial charge in [0.05, 0.1) is 10.2 Å². The van der Waals surface area contributed by atoms with Crippen LogP contribution in [0.2, 0.25) is 0 Å². The third kappa shape index (κ3) is 4.31. The fourth-order valence-corrected chi connectivity index (χ4v) is 4.81. The minimum atomic E-state index is -0.304. The molecule has 0 unspecified atom stereocenters. The Morgan fingerprint density at radius 3 is 2.59 bits per heavy atom. The Hall–Kier alpha value is -2.38. The molecule has 7 heteroatoms. The van der Waals surface area contributed by atoms with Crippen molar-refractivity contribution in [3.8, 4) is 0 Å². The topological polar surface area (TPSA) is 71.1 Å². The zero-order chi connectivity index (χ0) is 18.8. The molecule has 2 amide bonds. The first kappa shape index (κ1) is 18.0. The number of thioether (sulfide) groups is 1. The minimum absolute atomic E-state index is 0.0345. The number of nitrogens with zero attached hydrogens (tertiary/aromatic N) is 1. The molecular weight excluding hydrogens is 378 g/mol. The molecule has 5 nitrogen and oxygen atoms in total. The Balaban J connectivity index is 1.30. The van der Waals surface area contributed by atoms with Crippen LogP contribution in [0.15, 0.2) is 52.9 Å². The number of hydrogen-bond donors (Lipinski definition) is 2. The Morgan fingerprint density at radius 2 is 1.89 bits per heavy atom. The summed E-state index contributed by atoms with van der Waals surface area (Å²) >= 11 is 3.38. The number of nitrogens with one attached hydrogen (secondary N) is 2. The molecule has 2 N–H and O–H groups in total. The van der Waals surface area contributed by atoms with Crippen molar-refractivity contribution in [2.45, 2.75) is 23.4 Å². The molecule has 1 fully saturated rings. The summed E-state index contributed by atoms with van der Waals surface area (Å²) in [6.07, 6.45) is 0.892. The van der Waals surface area contributed by atoms with Crippen LogP contribution in [0.1, 0.15) is 29.3 Å². The van der Waals surface area contributed by atoms with Crippen molar-refractivity contribution in [1.82, 2.24) is 15.8 Å². The van der Waals surface area contributed by atoms with Crippen molar-refractivity contribution in [3.63, 3.8) is 0 Å². The molecule has 138 valence electrons. The Labute approximate surface area is 165 Å². The number of amides is 2. The quantitative estimate of drug-likeness (QED) is 0.504. The largest absolute Gasteiger partial charge is 0.273 e. The monoisotopic (exact) mass is 397 g/mol. The number of carbonyl (C=O) groups excluding carboxylic acids is 2. The second-order valence-corrected chi connectivity index (χ2v) is 8.95.